The van der Waals surface area contributed by atoms with Gasteiger partial charge in [0, 0.05) is 25.4 Å². The Bertz CT molecular complexity index is 770. The summed E-state index contributed by atoms with van der Waals surface area (Å²) in [5.41, 5.74) is 0.751. The summed E-state index contributed by atoms with van der Waals surface area (Å²) in [5, 5.41) is 0. The zero-order chi connectivity index (χ0) is 17.7. The van der Waals surface area contributed by atoms with Crippen molar-refractivity contribution in [1.29, 1.82) is 0 Å². The molecule has 0 N–H and O–H groups in total. The van der Waals surface area contributed by atoms with Crippen LogP contribution in [0.1, 0.15) is 44.1 Å². The highest BCUT2D eigenvalue weighted by Gasteiger charge is 2.52. The van der Waals surface area contributed by atoms with Crippen molar-refractivity contribution in [2.24, 2.45) is 0 Å². The molecule has 4 rings (SSSR count). The van der Waals surface area contributed by atoms with Crippen molar-refractivity contribution in [1.82, 2.24) is 9.80 Å². The highest BCUT2D eigenvalue weighted by molar-refractivity contribution is 7.90. The lowest BCUT2D eigenvalue weighted by atomic mass is 9.85. The average molecular weight is 362 g/mol. The molecule has 1 aliphatic carbocycles. The SMILES string of the molecule is CS(=O)(=O)c1ccc(CN2CCCC23CCCN(C2CC2)C3=O)cc1. The van der Waals surface area contributed by atoms with Gasteiger partial charge in [0.05, 0.1) is 4.90 Å². The molecular formula is C19H26N2O3S. The van der Waals surface area contributed by atoms with Crippen molar-refractivity contribution in [3.63, 3.8) is 0 Å². The second-order valence-corrected chi connectivity index (χ2v) is 9.82. The fourth-order valence-corrected chi connectivity index (χ4v) is 5.14. The molecule has 1 amide bonds. The Kier molecular flexibility index (Phi) is 4.15. The van der Waals surface area contributed by atoms with E-state index in [1.165, 1.54) is 6.26 Å². The predicted octanol–water partition coefficient (Wildman–Crippen LogP) is 2.21. The molecule has 2 saturated heterocycles. The van der Waals surface area contributed by atoms with Gasteiger partial charge >= 0.3 is 0 Å². The van der Waals surface area contributed by atoms with Crippen LogP contribution in [0, 0.1) is 0 Å². The minimum Gasteiger partial charge on any atom is -0.338 e. The highest BCUT2D eigenvalue weighted by atomic mass is 32.2. The average Bonchev–Trinajstić information content (AvgIpc) is 3.34. The number of likely N-dealkylation sites (tertiary alicyclic amines) is 2. The van der Waals surface area contributed by atoms with Crippen LogP contribution < -0.4 is 0 Å². The fourth-order valence-electron chi connectivity index (χ4n) is 4.50. The summed E-state index contributed by atoms with van der Waals surface area (Å²) in [6.45, 7) is 2.58. The number of amides is 1. The molecule has 2 heterocycles. The van der Waals surface area contributed by atoms with Gasteiger partial charge < -0.3 is 4.90 Å². The maximum atomic E-state index is 13.2. The zero-order valence-electron chi connectivity index (χ0n) is 14.8. The van der Waals surface area contributed by atoms with E-state index in [2.05, 4.69) is 9.80 Å². The van der Waals surface area contributed by atoms with Crippen LogP contribution in [-0.2, 0) is 21.2 Å². The normalized spacial score (nSPS) is 28.0. The molecular weight excluding hydrogens is 336 g/mol. The summed E-state index contributed by atoms with van der Waals surface area (Å²) in [6.07, 6.45) is 7.61. The standard InChI is InChI=1S/C19H26N2O3S/c1-25(23,24)17-8-4-15(5-9-17)14-20-12-2-10-19(20)11-3-13-21(18(19)22)16-6-7-16/h4-5,8-9,16H,2-3,6-7,10-14H2,1H3. The summed E-state index contributed by atoms with van der Waals surface area (Å²) in [7, 11) is -3.17. The van der Waals surface area contributed by atoms with Crippen molar-refractivity contribution in [2.45, 2.75) is 61.5 Å². The first kappa shape index (κ1) is 17.0. The van der Waals surface area contributed by atoms with Gasteiger partial charge in [-0.1, -0.05) is 12.1 Å². The van der Waals surface area contributed by atoms with Crippen molar-refractivity contribution in [3.8, 4) is 0 Å². The lowest BCUT2D eigenvalue weighted by Crippen LogP contribution is -2.60. The van der Waals surface area contributed by atoms with Crippen LogP contribution in [-0.4, -0.2) is 55.1 Å². The Morgan fingerprint density at radius 1 is 1.08 bits per heavy atom. The minimum atomic E-state index is -3.17. The second-order valence-electron chi connectivity index (χ2n) is 7.81. The van der Waals surface area contributed by atoms with E-state index in [1.54, 1.807) is 12.1 Å². The first-order chi connectivity index (χ1) is 11.9. The van der Waals surface area contributed by atoms with Crippen LogP contribution in [0.4, 0.5) is 0 Å². The van der Waals surface area contributed by atoms with E-state index in [0.29, 0.717) is 23.4 Å². The van der Waals surface area contributed by atoms with Crippen LogP contribution in [0.3, 0.4) is 0 Å². The lowest BCUT2D eigenvalue weighted by molar-refractivity contribution is -0.148. The quantitative estimate of drug-likeness (QED) is 0.824. The first-order valence-corrected chi connectivity index (χ1v) is 11.1. The molecule has 0 bridgehead atoms. The summed E-state index contributed by atoms with van der Waals surface area (Å²) in [5.74, 6) is 0.339. The Labute approximate surface area is 149 Å². The molecule has 5 nitrogen and oxygen atoms in total. The molecule has 3 fully saturated rings. The number of sulfone groups is 1. The van der Waals surface area contributed by atoms with Gasteiger partial charge in [-0.05, 0) is 62.8 Å². The third-order valence-electron chi connectivity index (χ3n) is 5.98. The number of benzene rings is 1. The molecule has 1 saturated carbocycles. The van der Waals surface area contributed by atoms with Gasteiger partial charge in [0.15, 0.2) is 9.84 Å². The number of carbonyl (C=O) groups excluding carboxylic acids is 1. The molecule has 1 aromatic carbocycles. The van der Waals surface area contributed by atoms with E-state index >= 15 is 0 Å². The maximum absolute atomic E-state index is 13.2. The van der Waals surface area contributed by atoms with E-state index in [4.69, 9.17) is 0 Å². The number of carbonyl (C=O) groups is 1. The molecule has 1 spiro atoms. The van der Waals surface area contributed by atoms with Gasteiger partial charge in [-0.2, -0.15) is 0 Å². The Hall–Kier alpha value is -1.40. The number of rotatable bonds is 4. The van der Waals surface area contributed by atoms with Gasteiger partial charge in [0.25, 0.3) is 0 Å². The predicted molar refractivity (Wildman–Crippen MR) is 95.9 cm³/mol. The molecule has 1 unspecified atom stereocenters. The summed E-state index contributed by atoms with van der Waals surface area (Å²) in [6, 6.07) is 7.60. The molecule has 2 aliphatic heterocycles. The van der Waals surface area contributed by atoms with Crippen LogP contribution >= 0.6 is 0 Å². The van der Waals surface area contributed by atoms with E-state index in [-0.39, 0.29) is 5.54 Å². The molecule has 0 radical (unpaired) electrons. The van der Waals surface area contributed by atoms with E-state index in [1.807, 2.05) is 12.1 Å². The second kappa shape index (κ2) is 6.09. The van der Waals surface area contributed by atoms with Crippen LogP contribution in [0.2, 0.25) is 0 Å². The summed E-state index contributed by atoms with van der Waals surface area (Å²) >= 11 is 0. The van der Waals surface area contributed by atoms with Crippen molar-refractivity contribution < 1.29 is 13.2 Å². The van der Waals surface area contributed by atoms with Crippen LogP contribution in [0.5, 0.6) is 0 Å². The number of hydrogen-bond donors (Lipinski definition) is 0. The van der Waals surface area contributed by atoms with Gasteiger partial charge in [0.2, 0.25) is 5.91 Å². The van der Waals surface area contributed by atoms with Crippen molar-refractivity contribution >= 4 is 15.7 Å². The maximum Gasteiger partial charge on any atom is 0.243 e. The monoisotopic (exact) mass is 362 g/mol. The number of hydrogen-bond acceptors (Lipinski definition) is 4. The molecule has 25 heavy (non-hydrogen) atoms. The van der Waals surface area contributed by atoms with E-state index in [0.717, 1.165) is 57.2 Å². The van der Waals surface area contributed by atoms with Gasteiger partial charge in [-0.3, -0.25) is 9.69 Å². The molecule has 1 atom stereocenters. The summed E-state index contributed by atoms with van der Waals surface area (Å²) in [4.78, 5) is 18.1. The van der Waals surface area contributed by atoms with Gasteiger partial charge in [-0.15, -0.1) is 0 Å². The fraction of sp³-hybridized carbons (Fsp3) is 0.632. The first-order valence-electron chi connectivity index (χ1n) is 9.25. The molecule has 1 aromatic rings. The van der Waals surface area contributed by atoms with E-state index in [9.17, 15) is 13.2 Å². The molecule has 3 aliphatic rings. The van der Waals surface area contributed by atoms with Gasteiger partial charge in [-0.25, -0.2) is 8.42 Å². The van der Waals surface area contributed by atoms with Crippen molar-refractivity contribution in [3.05, 3.63) is 29.8 Å². The highest BCUT2D eigenvalue weighted by Crippen LogP contribution is 2.42. The Morgan fingerprint density at radius 2 is 1.72 bits per heavy atom. The lowest BCUT2D eigenvalue weighted by Gasteiger charge is -2.45. The molecule has 136 valence electrons. The van der Waals surface area contributed by atoms with E-state index < -0.39 is 9.84 Å². The smallest absolute Gasteiger partial charge is 0.243 e. The Morgan fingerprint density at radius 3 is 2.32 bits per heavy atom. The minimum absolute atomic E-state index is 0.323. The van der Waals surface area contributed by atoms with Crippen molar-refractivity contribution in [2.75, 3.05) is 19.3 Å². The zero-order valence-corrected chi connectivity index (χ0v) is 15.6. The number of piperidine rings is 1. The summed E-state index contributed by atoms with van der Waals surface area (Å²) < 4.78 is 23.2. The molecule has 0 aromatic heterocycles. The largest absolute Gasteiger partial charge is 0.338 e. The topological polar surface area (TPSA) is 57.7 Å². The third-order valence-corrected chi connectivity index (χ3v) is 7.11. The third kappa shape index (κ3) is 3.10. The molecule has 6 heteroatoms. The van der Waals surface area contributed by atoms with Gasteiger partial charge in [0.1, 0.15) is 5.54 Å². The van der Waals surface area contributed by atoms with Crippen LogP contribution in [0.15, 0.2) is 29.2 Å². The number of nitrogens with zero attached hydrogens (tertiary/aromatic N) is 2. The van der Waals surface area contributed by atoms with Crippen LogP contribution in [0.25, 0.3) is 0 Å². The Balaban J connectivity index is 1.54.